The van der Waals surface area contributed by atoms with Gasteiger partial charge in [0.15, 0.2) is 49.6 Å². The molecule has 6 nitrogen and oxygen atoms in total. The fourth-order valence-electron chi connectivity index (χ4n) is 8.97. The van der Waals surface area contributed by atoms with Crippen molar-refractivity contribution in [2.24, 2.45) is 0 Å². The molecule has 0 aliphatic rings. The van der Waals surface area contributed by atoms with Gasteiger partial charge in [-0.25, -0.2) is 18.3 Å². The molecule has 0 fully saturated rings. The molecule has 0 bridgehead atoms. The highest BCUT2D eigenvalue weighted by atomic mass is 16.5. The number of aromatic nitrogens is 4. The van der Waals surface area contributed by atoms with Gasteiger partial charge in [-0.15, -0.1) is 0 Å². The summed E-state index contributed by atoms with van der Waals surface area (Å²) < 4.78 is 21.4. The van der Waals surface area contributed by atoms with Crippen LogP contribution in [0.3, 0.4) is 0 Å². The maximum atomic E-state index is 6.07. The first-order chi connectivity index (χ1) is 35.6. The summed E-state index contributed by atoms with van der Waals surface area (Å²) in [5.41, 5.74) is 9.76. The van der Waals surface area contributed by atoms with Gasteiger partial charge < -0.3 is 9.47 Å². The first kappa shape index (κ1) is 53.1. The van der Waals surface area contributed by atoms with Crippen LogP contribution < -0.4 is 27.7 Å². The van der Waals surface area contributed by atoms with Crippen LogP contribution >= 0.6 is 0 Å². The van der Waals surface area contributed by atoms with Crippen molar-refractivity contribution >= 4 is 24.3 Å². The van der Waals surface area contributed by atoms with Gasteiger partial charge >= 0.3 is 0 Å². The van der Waals surface area contributed by atoms with Crippen molar-refractivity contribution in [2.45, 2.75) is 143 Å². The van der Waals surface area contributed by atoms with Crippen LogP contribution in [0.15, 0.2) is 171 Å². The molecule has 0 spiro atoms. The van der Waals surface area contributed by atoms with Gasteiger partial charge in [-0.05, 0) is 120 Å². The van der Waals surface area contributed by atoms with Crippen molar-refractivity contribution in [3.05, 3.63) is 193 Å². The van der Waals surface area contributed by atoms with E-state index in [1.165, 1.54) is 123 Å². The number of rotatable bonds is 32. The minimum atomic E-state index is 0.751. The monoisotopic (exact) mass is 963 g/mol. The second kappa shape index (κ2) is 30.9. The topological polar surface area (TPSA) is 34.0 Å². The maximum absolute atomic E-state index is 6.07. The molecule has 0 atom stereocenters. The van der Waals surface area contributed by atoms with Crippen LogP contribution in [0.5, 0.6) is 11.5 Å². The van der Waals surface area contributed by atoms with E-state index in [2.05, 4.69) is 227 Å². The highest BCUT2D eigenvalue weighted by Crippen LogP contribution is 2.20. The van der Waals surface area contributed by atoms with E-state index < -0.39 is 0 Å². The Hall–Kier alpha value is -6.66. The van der Waals surface area contributed by atoms with E-state index in [1.54, 1.807) is 0 Å². The van der Waals surface area contributed by atoms with Gasteiger partial charge in [-0.1, -0.05) is 112 Å². The summed E-state index contributed by atoms with van der Waals surface area (Å²) in [5, 5.41) is 0. The van der Waals surface area contributed by atoms with Gasteiger partial charge in [0.05, 0.1) is 13.2 Å². The number of nitrogens with zero attached hydrogens (tertiary/aromatic N) is 4. The molecule has 72 heavy (non-hydrogen) atoms. The van der Waals surface area contributed by atoms with Crippen LogP contribution in [0.1, 0.15) is 139 Å². The Balaban J connectivity index is 0.704. The molecule has 7 aromatic rings. The number of pyridine rings is 4. The molecule has 0 saturated carbocycles. The number of hydrogen-bond donors (Lipinski definition) is 0. The van der Waals surface area contributed by atoms with Crippen molar-refractivity contribution in [3.8, 4) is 33.8 Å². The van der Waals surface area contributed by atoms with Crippen LogP contribution in [0, 0.1) is 0 Å². The summed E-state index contributed by atoms with van der Waals surface area (Å²) in [4.78, 5) is 0. The molecule has 7 rings (SSSR count). The third-order valence-electron chi connectivity index (χ3n) is 13.6. The van der Waals surface area contributed by atoms with Crippen molar-refractivity contribution in [3.63, 3.8) is 0 Å². The van der Waals surface area contributed by atoms with Gasteiger partial charge in [0.25, 0.3) is 0 Å². The fourth-order valence-corrected chi connectivity index (χ4v) is 8.97. The Morgan fingerprint density at radius 1 is 0.278 bits per heavy atom. The van der Waals surface area contributed by atoms with Gasteiger partial charge in [0.2, 0.25) is 0 Å². The van der Waals surface area contributed by atoms with Crippen LogP contribution in [0.25, 0.3) is 46.6 Å². The highest BCUT2D eigenvalue weighted by molar-refractivity contribution is 5.73. The number of aryl methyl sites for hydroxylation is 4. The van der Waals surface area contributed by atoms with Crippen molar-refractivity contribution in [2.75, 3.05) is 13.2 Å². The van der Waals surface area contributed by atoms with Crippen LogP contribution in [-0.4, -0.2) is 13.2 Å². The van der Waals surface area contributed by atoms with Crippen LogP contribution in [0.2, 0.25) is 0 Å². The standard InChI is InChI=1S/C66H82N4O2/c1-3-5-7-13-43-67-47-35-61(36-48-67)63-39-51-69(52-40-63)45-15-9-11-17-55-71-65-31-27-59(28-32-65)25-23-57-19-21-58(22-20-57)24-26-60-29-33-66(34-30-60)72-56-18-12-10-16-46-70-53-41-64(42-54-70)62-37-49-68(50-38-62)44-14-8-6-4-2/h19-42,47-54H,3-18,43-46,55-56H2,1-2H3/q+4/b25-23-,26-24-. The van der Waals surface area contributed by atoms with Crippen LogP contribution in [0.4, 0.5) is 0 Å². The predicted molar refractivity (Wildman–Crippen MR) is 298 cm³/mol. The molecule has 0 aliphatic heterocycles. The molecule has 4 heterocycles. The third kappa shape index (κ3) is 19.2. The zero-order chi connectivity index (χ0) is 49.7. The summed E-state index contributed by atoms with van der Waals surface area (Å²) in [6.45, 7) is 10.3. The Morgan fingerprint density at radius 2 is 0.514 bits per heavy atom. The first-order valence-electron chi connectivity index (χ1n) is 27.5. The summed E-state index contributed by atoms with van der Waals surface area (Å²) in [5.74, 6) is 1.86. The molecule has 0 radical (unpaired) electrons. The van der Waals surface area contributed by atoms with E-state index in [0.717, 1.165) is 74.9 Å². The lowest BCUT2D eigenvalue weighted by molar-refractivity contribution is -0.697. The van der Waals surface area contributed by atoms with E-state index >= 15 is 0 Å². The van der Waals surface area contributed by atoms with E-state index in [0.29, 0.717) is 0 Å². The first-order valence-corrected chi connectivity index (χ1v) is 27.5. The average Bonchev–Trinajstić information content (AvgIpc) is 3.43. The zero-order valence-electron chi connectivity index (χ0n) is 43.6. The minimum Gasteiger partial charge on any atom is -0.494 e. The lowest BCUT2D eigenvalue weighted by Crippen LogP contribution is -2.33. The number of hydrogen-bond acceptors (Lipinski definition) is 2. The predicted octanol–water partition coefficient (Wildman–Crippen LogP) is 15.0. The zero-order valence-corrected chi connectivity index (χ0v) is 43.6. The lowest BCUT2D eigenvalue weighted by atomic mass is 10.1. The van der Waals surface area contributed by atoms with Gasteiger partial charge in [0, 0.05) is 74.2 Å². The van der Waals surface area contributed by atoms with Crippen molar-refractivity contribution < 1.29 is 27.7 Å². The summed E-state index contributed by atoms with van der Waals surface area (Å²) in [7, 11) is 0. The molecule has 0 amide bonds. The van der Waals surface area contributed by atoms with Crippen molar-refractivity contribution in [1.82, 2.24) is 0 Å². The Kier molecular flexibility index (Phi) is 22.8. The smallest absolute Gasteiger partial charge is 0.169 e. The van der Waals surface area contributed by atoms with Crippen molar-refractivity contribution in [1.29, 1.82) is 0 Å². The van der Waals surface area contributed by atoms with E-state index in [9.17, 15) is 0 Å². The Bertz CT molecular complexity index is 2420. The van der Waals surface area contributed by atoms with Gasteiger partial charge in [0.1, 0.15) is 37.7 Å². The van der Waals surface area contributed by atoms with Gasteiger partial charge in [-0.3, -0.25) is 0 Å². The van der Waals surface area contributed by atoms with E-state index in [4.69, 9.17) is 9.47 Å². The molecule has 0 unspecified atom stereocenters. The summed E-state index contributed by atoms with van der Waals surface area (Å²) in [6, 6.07) is 43.4. The molecule has 3 aromatic carbocycles. The molecular weight excluding hydrogens is 881 g/mol. The Morgan fingerprint density at radius 3 is 0.778 bits per heavy atom. The molecule has 4 aromatic heterocycles. The molecular formula is C66H82N4O2+4. The molecule has 0 N–H and O–H groups in total. The minimum absolute atomic E-state index is 0.751. The molecule has 0 aliphatic carbocycles. The van der Waals surface area contributed by atoms with E-state index in [-0.39, 0.29) is 0 Å². The second-order valence-corrected chi connectivity index (χ2v) is 19.4. The quantitative estimate of drug-likeness (QED) is 0.0239. The number of ether oxygens (including phenoxy) is 2. The molecule has 0 saturated heterocycles. The third-order valence-corrected chi connectivity index (χ3v) is 13.6. The maximum Gasteiger partial charge on any atom is 0.169 e. The molecule has 6 heteroatoms. The molecule has 374 valence electrons. The lowest BCUT2D eigenvalue weighted by Gasteiger charge is -2.06. The average molecular weight is 963 g/mol. The summed E-state index contributed by atoms with van der Waals surface area (Å²) >= 11 is 0. The Labute approximate surface area is 433 Å². The highest BCUT2D eigenvalue weighted by Gasteiger charge is 2.09. The van der Waals surface area contributed by atoms with Crippen LogP contribution in [-0.2, 0) is 26.2 Å². The SMILES string of the molecule is CCCCCC[n+]1ccc(-c2cc[n+](CCCCCCOc3ccc(/C=C\c4ccc(/C=C\c5ccc(OCCCCCC[n+]6ccc(-c7cc[n+](CCCCCC)cc7)cc6)cc5)cc4)cc3)cc2)cc1. The second-order valence-electron chi connectivity index (χ2n) is 19.4. The number of unbranched alkanes of at least 4 members (excludes halogenated alkanes) is 12. The van der Waals surface area contributed by atoms with E-state index in [1.807, 2.05) is 0 Å². The summed E-state index contributed by atoms with van der Waals surface area (Å²) in [6.07, 6.45) is 46.0. The van der Waals surface area contributed by atoms with Gasteiger partial charge in [-0.2, -0.15) is 0 Å². The normalized spacial score (nSPS) is 11.5. The fraction of sp³-hybridized carbons (Fsp3) is 0.364. The largest absolute Gasteiger partial charge is 0.494 e. The number of benzene rings is 3.